The van der Waals surface area contributed by atoms with Crippen molar-refractivity contribution in [1.82, 2.24) is 4.98 Å². The van der Waals surface area contributed by atoms with Gasteiger partial charge in [0.15, 0.2) is 18.1 Å². The highest BCUT2D eigenvalue weighted by atomic mass is 16.5. The van der Waals surface area contributed by atoms with E-state index in [-0.39, 0.29) is 25.0 Å². The standard InChI is InChI=1S/C23H21N3O5/c1-29-20-9-8-17(11-21(20)30-14-16-5-4-10-24-12-16)25-22(27)13-26-18-6-2-3-7-19(18)31-15-23(26)28/h2-12H,13-15H2,1H3,(H,25,27). The maximum Gasteiger partial charge on any atom is 0.265 e. The van der Waals surface area contributed by atoms with Crippen molar-refractivity contribution in [2.45, 2.75) is 6.61 Å². The van der Waals surface area contributed by atoms with Crippen LogP contribution in [0, 0.1) is 0 Å². The van der Waals surface area contributed by atoms with E-state index >= 15 is 0 Å². The largest absolute Gasteiger partial charge is 0.493 e. The van der Waals surface area contributed by atoms with Gasteiger partial charge in [0.2, 0.25) is 5.91 Å². The molecule has 0 radical (unpaired) electrons. The quantitative estimate of drug-likeness (QED) is 0.633. The second kappa shape index (κ2) is 9.17. The summed E-state index contributed by atoms with van der Waals surface area (Å²) in [6.45, 7) is 0.0803. The number of ether oxygens (including phenoxy) is 3. The number of carbonyl (C=O) groups excluding carboxylic acids is 2. The molecule has 158 valence electrons. The molecule has 8 heteroatoms. The zero-order valence-electron chi connectivity index (χ0n) is 16.9. The van der Waals surface area contributed by atoms with Crippen molar-refractivity contribution in [2.24, 2.45) is 0 Å². The Balaban J connectivity index is 1.45. The summed E-state index contributed by atoms with van der Waals surface area (Å²) < 4.78 is 16.6. The number of hydrogen-bond acceptors (Lipinski definition) is 6. The lowest BCUT2D eigenvalue weighted by Gasteiger charge is -2.28. The number of nitrogens with zero attached hydrogens (tertiary/aromatic N) is 2. The first-order valence-electron chi connectivity index (χ1n) is 9.66. The van der Waals surface area contributed by atoms with Gasteiger partial charge in [-0.05, 0) is 30.3 Å². The van der Waals surface area contributed by atoms with Crippen molar-refractivity contribution < 1.29 is 23.8 Å². The van der Waals surface area contributed by atoms with Gasteiger partial charge in [0, 0.05) is 29.7 Å². The van der Waals surface area contributed by atoms with E-state index in [1.54, 1.807) is 55.9 Å². The molecule has 8 nitrogen and oxygen atoms in total. The third-order valence-electron chi connectivity index (χ3n) is 4.67. The molecule has 4 rings (SSSR count). The number of rotatable bonds is 7. The van der Waals surface area contributed by atoms with Crippen molar-refractivity contribution >= 4 is 23.2 Å². The van der Waals surface area contributed by atoms with Gasteiger partial charge in [0.1, 0.15) is 18.9 Å². The molecule has 3 aromatic rings. The van der Waals surface area contributed by atoms with Crippen molar-refractivity contribution in [3.63, 3.8) is 0 Å². The summed E-state index contributed by atoms with van der Waals surface area (Å²) >= 11 is 0. The molecule has 0 spiro atoms. The molecule has 1 aliphatic rings. The van der Waals surface area contributed by atoms with Crippen LogP contribution in [0.25, 0.3) is 0 Å². The molecule has 1 N–H and O–H groups in total. The summed E-state index contributed by atoms with van der Waals surface area (Å²) in [5.41, 5.74) is 2.01. The molecule has 0 bridgehead atoms. The molecule has 0 unspecified atom stereocenters. The normalized spacial score (nSPS) is 12.5. The van der Waals surface area contributed by atoms with Crippen molar-refractivity contribution in [3.8, 4) is 17.2 Å². The topological polar surface area (TPSA) is 90.0 Å². The monoisotopic (exact) mass is 419 g/mol. The van der Waals surface area contributed by atoms with Crippen LogP contribution in [-0.2, 0) is 16.2 Å². The van der Waals surface area contributed by atoms with Gasteiger partial charge in [-0.15, -0.1) is 0 Å². The van der Waals surface area contributed by atoms with Gasteiger partial charge in [-0.25, -0.2) is 0 Å². The summed E-state index contributed by atoms with van der Waals surface area (Å²) in [5, 5.41) is 2.81. The van der Waals surface area contributed by atoms with Crippen molar-refractivity contribution in [3.05, 3.63) is 72.6 Å². The van der Waals surface area contributed by atoms with E-state index in [0.717, 1.165) is 5.56 Å². The molecular formula is C23H21N3O5. The maximum atomic E-state index is 12.7. The fourth-order valence-corrected chi connectivity index (χ4v) is 3.18. The van der Waals surface area contributed by atoms with Crippen LogP contribution >= 0.6 is 0 Å². The third kappa shape index (κ3) is 4.75. The Morgan fingerprint density at radius 1 is 1.16 bits per heavy atom. The third-order valence-corrected chi connectivity index (χ3v) is 4.67. The number of carbonyl (C=O) groups is 2. The fourth-order valence-electron chi connectivity index (χ4n) is 3.18. The fraction of sp³-hybridized carbons (Fsp3) is 0.174. The molecule has 2 amide bonds. The van der Waals surface area contributed by atoms with Crippen LogP contribution in [0.1, 0.15) is 5.56 Å². The van der Waals surface area contributed by atoms with E-state index in [1.165, 1.54) is 4.90 Å². The zero-order chi connectivity index (χ0) is 21.6. The second-order valence-electron chi connectivity index (χ2n) is 6.80. The SMILES string of the molecule is COc1ccc(NC(=O)CN2C(=O)COc3ccccc32)cc1OCc1cccnc1. The number of nitrogens with one attached hydrogen (secondary N) is 1. The lowest BCUT2D eigenvalue weighted by Crippen LogP contribution is -2.43. The number of hydrogen-bond donors (Lipinski definition) is 1. The van der Waals surface area contributed by atoms with E-state index in [2.05, 4.69) is 10.3 Å². The summed E-state index contributed by atoms with van der Waals surface area (Å²) in [6.07, 6.45) is 3.41. The minimum Gasteiger partial charge on any atom is -0.493 e. The molecule has 31 heavy (non-hydrogen) atoms. The van der Waals surface area contributed by atoms with E-state index < -0.39 is 0 Å². The highest BCUT2D eigenvalue weighted by Crippen LogP contribution is 2.32. The Morgan fingerprint density at radius 3 is 2.84 bits per heavy atom. The molecule has 0 saturated carbocycles. The van der Waals surface area contributed by atoms with Crippen LogP contribution in [0.4, 0.5) is 11.4 Å². The van der Waals surface area contributed by atoms with Gasteiger partial charge >= 0.3 is 0 Å². The van der Waals surface area contributed by atoms with Crippen LogP contribution in [0.5, 0.6) is 17.2 Å². The molecule has 2 aromatic carbocycles. The molecule has 0 fully saturated rings. The van der Waals surface area contributed by atoms with Gasteiger partial charge in [-0.2, -0.15) is 0 Å². The summed E-state index contributed by atoms with van der Waals surface area (Å²) in [7, 11) is 1.55. The van der Waals surface area contributed by atoms with Gasteiger partial charge < -0.3 is 19.5 Å². The molecular weight excluding hydrogens is 398 g/mol. The van der Waals surface area contributed by atoms with Crippen LogP contribution in [0.15, 0.2) is 67.0 Å². The van der Waals surface area contributed by atoms with Crippen LogP contribution < -0.4 is 24.4 Å². The van der Waals surface area contributed by atoms with Gasteiger partial charge in [0.05, 0.1) is 12.8 Å². The summed E-state index contributed by atoms with van der Waals surface area (Å²) in [4.78, 5) is 30.4. The Bertz CT molecular complexity index is 1090. The average molecular weight is 419 g/mol. The number of para-hydroxylation sites is 2. The first-order chi connectivity index (χ1) is 15.1. The second-order valence-corrected chi connectivity index (χ2v) is 6.80. The van der Waals surface area contributed by atoms with E-state index in [0.29, 0.717) is 35.2 Å². The minimum atomic E-state index is -0.339. The highest BCUT2D eigenvalue weighted by Gasteiger charge is 2.27. The Kier molecular flexibility index (Phi) is 5.98. The Hall–Kier alpha value is -4.07. The number of aromatic nitrogens is 1. The smallest absolute Gasteiger partial charge is 0.265 e. The Morgan fingerprint density at radius 2 is 2.03 bits per heavy atom. The first kappa shape index (κ1) is 20.2. The molecule has 1 aliphatic heterocycles. The molecule has 0 aliphatic carbocycles. The van der Waals surface area contributed by atoms with Gasteiger partial charge in [-0.1, -0.05) is 18.2 Å². The molecule has 0 atom stereocenters. The number of fused-ring (bicyclic) bond motifs is 1. The molecule has 2 heterocycles. The number of methoxy groups -OCH3 is 1. The lowest BCUT2D eigenvalue weighted by atomic mass is 10.2. The van der Waals surface area contributed by atoms with Crippen LogP contribution in [-0.4, -0.2) is 37.1 Å². The molecule has 0 saturated heterocycles. The zero-order valence-corrected chi connectivity index (χ0v) is 16.9. The van der Waals surface area contributed by atoms with Crippen molar-refractivity contribution in [2.75, 3.05) is 30.5 Å². The summed E-state index contributed by atoms with van der Waals surface area (Å²) in [5.74, 6) is 0.985. The lowest BCUT2D eigenvalue weighted by molar-refractivity contribution is -0.123. The number of amides is 2. The van der Waals surface area contributed by atoms with Gasteiger partial charge in [-0.3, -0.25) is 19.5 Å². The van der Waals surface area contributed by atoms with Crippen LogP contribution in [0.3, 0.4) is 0 Å². The Labute approximate surface area is 179 Å². The number of pyridine rings is 1. The molecule has 1 aromatic heterocycles. The van der Waals surface area contributed by atoms with Gasteiger partial charge in [0.25, 0.3) is 5.91 Å². The van der Waals surface area contributed by atoms with E-state index in [1.807, 2.05) is 18.2 Å². The first-order valence-corrected chi connectivity index (χ1v) is 9.66. The number of benzene rings is 2. The van der Waals surface area contributed by atoms with Crippen LogP contribution in [0.2, 0.25) is 0 Å². The van der Waals surface area contributed by atoms with E-state index in [4.69, 9.17) is 14.2 Å². The number of anilines is 2. The highest BCUT2D eigenvalue weighted by molar-refractivity contribution is 6.05. The minimum absolute atomic E-state index is 0.0981. The maximum absolute atomic E-state index is 12.7. The predicted octanol–water partition coefficient (Wildman–Crippen LogP) is 3.03. The van der Waals surface area contributed by atoms with E-state index in [9.17, 15) is 9.59 Å². The summed E-state index contributed by atoms with van der Waals surface area (Å²) in [6, 6.07) is 16.0. The average Bonchev–Trinajstić information content (AvgIpc) is 2.80. The predicted molar refractivity (Wildman–Crippen MR) is 114 cm³/mol. The van der Waals surface area contributed by atoms with Crippen molar-refractivity contribution in [1.29, 1.82) is 0 Å².